The number of nitrogens with one attached hydrogen (secondary N) is 1. The summed E-state index contributed by atoms with van der Waals surface area (Å²) in [5, 5.41) is 12.2. The predicted molar refractivity (Wildman–Crippen MR) is 74.1 cm³/mol. The summed E-state index contributed by atoms with van der Waals surface area (Å²) in [5.74, 6) is -1.94. The van der Waals surface area contributed by atoms with Crippen molar-refractivity contribution < 1.29 is 14.7 Å². The van der Waals surface area contributed by atoms with Crippen molar-refractivity contribution in [2.24, 2.45) is 23.7 Å². The van der Waals surface area contributed by atoms with Crippen LogP contribution in [0, 0.1) is 30.6 Å². The van der Waals surface area contributed by atoms with E-state index in [0.717, 1.165) is 17.0 Å². The van der Waals surface area contributed by atoms with E-state index in [1.807, 2.05) is 19.1 Å². The minimum Gasteiger partial charge on any atom is -0.481 e. The van der Waals surface area contributed by atoms with E-state index in [0.29, 0.717) is 6.54 Å². The number of thiazole rings is 1. The highest BCUT2D eigenvalue weighted by Crippen LogP contribution is 2.48. The van der Waals surface area contributed by atoms with Crippen LogP contribution in [-0.2, 0) is 16.1 Å². The molecule has 6 heteroatoms. The van der Waals surface area contributed by atoms with E-state index in [9.17, 15) is 14.7 Å². The van der Waals surface area contributed by atoms with E-state index >= 15 is 0 Å². The number of carbonyl (C=O) groups excluding carboxylic acids is 1. The van der Waals surface area contributed by atoms with Crippen LogP contribution in [-0.4, -0.2) is 22.0 Å². The molecule has 1 aromatic heterocycles. The van der Waals surface area contributed by atoms with Crippen LogP contribution >= 0.6 is 11.3 Å². The van der Waals surface area contributed by atoms with Crippen LogP contribution in [0.5, 0.6) is 0 Å². The number of amides is 1. The largest absolute Gasteiger partial charge is 0.481 e. The first kappa shape index (κ1) is 13.3. The fourth-order valence-corrected chi connectivity index (χ4v) is 4.01. The maximum Gasteiger partial charge on any atom is 0.307 e. The Balaban J connectivity index is 1.69. The first-order chi connectivity index (χ1) is 9.58. The number of aryl methyl sites for hydroxylation is 1. The average Bonchev–Trinajstić information content (AvgIpc) is 3.10. The first-order valence-electron chi connectivity index (χ1n) is 6.65. The maximum atomic E-state index is 12.3. The number of nitrogens with zero attached hydrogens (tertiary/aromatic N) is 1. The molecule has 2 bridgehead atoms. The van der Waals surface area contributed by atoms with Crippen molar-refractivity contribution >= 4 is 23.2 Å². The summed E-state index contributed by atoms with van der Waals surface area (Å²) in [4.78, 5) is 28.9. The lowest BCUT2D eigenvalue weighted by atomic mass is 9.82. The van der Waals surface area contributed by atoms with Crippen LogP contribution in [0.15, 0.2) is 17.7 Å². The van der Waals surface area contributed by atoms with Gasteiger partial charge in [-0.2, -0.15) is 0 Å². The lowest BCUT2D eigenvalue weighted by Crippen LogP contribution is -2.39. The van der Waals surface area contributed by atoms with Gasteiger partial charge in [-0.15, -0.1) is 11.3 Å². The van der Waals surface area contributed by atoms with Crippen molar-refractivity contribution in [3.63, 3.8) is 0 Å². The molecule has 20 heavy (non-hydrogen) atoms. The minimum atomic E-state index is -0.865. The topological polar surface area (TPSA) is 79.3 Å². The summed E-state index contributed by atoms with van der Waals surface area (Å²) in [6, 6.07) is 0. The predicted octanol–water partition coefficient (Wildman–Crippen LogP) is 1.59. The normalized spacial score (nSPS) is 30.6. The van der Waals surface area contributed by atoms with E-state index in [2.05, 4.69) is 10.3 Å². The van der Waals surface area contributed by atoms with Crippen molar-refractivity contribution in [3.8, 4) is 0 Å². The monoisotopic (exact) mass is 292 g/mol. The summed E-state index contributed by atoms with van der Waals surface area (Å²) in [6.45, 7) is 2.33. The van der Waals surface area contributed by atoms with Gasteiger partial charge in [0.1, 0.15) is 0 Å². The molecule has 1 heterocycles. The first-order valence-corrected chi connectivity index (χ1v) is 7.53. The molecule has 2 N–H and O–H groups in total. The molecule has 2 aliphatic rings. The van der Waals surface area contributed by atoms with Gasteiger partial charge in [0.25, 0.3) is 0 Å². The Morgan fingerprint density at radius 1 is 1.40 bits per heavy atom. The Morgan fingerprint density at radius 3 is 2.70 bits per heavy atom. The molecule has 1 saturated carbocycles. The second-order valence-electron chi connectivity index (χ2n) is 5.42. The zero-order valence-electron chi connectivity index (χ0n) is 11.1. The van der Waals surface area contributed by atoms with E-state index < -0.39 is 17.8 Å². The molecule has 4 unspecified atom stereocenters. The number of aliphatic carboxylic acids is 1. The van der Waals surface area contributed by atoms with Gasteiger partial charge in [-0.05, 0) is 25.2 Å². The van der Waals surface area contributed by atoms with E-state index in [4.69, 9.17) is 0 Å². The zero-order valence-corrected chi connectivity index (χ0v) is 11.9. The number of carboxylic acids is 1. The second-order valence-corrected chi connectivity index (χ2v) is 6.36. The second kappa shape index (κ2) is 5.01. The molecule has 2 aliphatic carbocycles. The van der Waals surface area contributed by atoms with E-state index in [1.54, 1.807) is 5.51 Å². The molecule has 5 nitrogen and oxygen atoms in total. The van der Waals surface area contributed by atoms with Crippen LogP contribution in [0.3, 0.4) is 0 Å². The molecule has 0 aliphatic heterocycles. The van der Waals surface area contributed by atoms with Gasteiger partial charge < -0.3 is 10.4 Å². The van der Waals surface area contributed by atoms with Gasteiger partial charge >= 0.3 is 5.97 Å². The van der Waals surface area contributed by atoms with Crippen LogP contribution in [0.4, 0.5) is 0 Å². The third kappa shape index (κ3) is 2.14. The van der Waals surface area contributed by atoms with Gasteiger partial charge in [0, 0.05) is 4.88 Å². The zero-order chi connectivity index (χ0) is 14.3. The van der Waals surface area contributed by atoms with Gasteiger partial charge in [-0.25, -0.2) is 4.98 Å². The Hall–Kier alpha value is -1.69. The number of carboxylic acid groups (broad SMARTS) is 1. The van der Waals surface area contributed by atoms with Crippen LogP contribution in [0.1, 0.15) is 17.0 Å². The van der Waals surface area contributed by atoms with Crippen LogP contribution < -0.4 is 5.32 Å². The fraction of sp³-hybridized carbons (Fsp3) is 0.500. The summed E-state index contributed by atoms with van der Waals surface area (Å²) in [5.41, 5.74) is 2.66. The highest BCUT2D eigenvalue weighted by Gasteiger charge is 2.51. The standard InChI is InChI=1S/C14H16N2O3S/c1-7-10(20-6-16-7)5-15-13(17)11-8-2-3-9(4-8)12(11)14(18)19/h2-3,6,8-9,11-12H,4-5H2,1H3,(H,15,17)(H,18,19). The number of fused-ring (bicyclic) bond motifs is 2. The number of hydrogen-bond donors (Lipinski definition) is 2. The molecule has 0 radical (unpaired) electrons. The van der Waals surface area contributed by atoms with Crippen molar-refractivity contribution in [3.05, 3.63) is 28.2 Å². The van der Waals surface area contributed by atoms with E-state index in [-0.39, 0.29) is 17.7 Å². The molecule has 0 spiro atoms. The SMILES string of the molecule is Cc1ncsc1CNC(=O)C1C2C=CC(C2)C1C(=O)O. The highest BCUT2D eigenvalue weighted by molar-refractivity contribution is 7.09. The number of hydrogen-bond acceptors (Lipinski definition) is 4. The third-order valence-corrected chi connectivity index (χ3v) is 5.25. The summed E-state index contributed by atoms with van der Waals surface area (Å²) in [6.07, 6.45) is 4.72. The van der Waals surface area contributed by atoms with Gasteiger partial charge in [0.05, 0.1) is 29.6 Å². The van der Waals surface area contributed by atoms with Gasteiger partial charge in [0.2, 0.25) is 5.91 Å². The van der Waals surface area contributed by atoms with Crippen LogP contribution in [0.2, 0.25) is 0 Å². The third-order valence-electron chi connectivity index (χ3n) is 4.32. The van der Waals surface area contributed by atoms with Crippen molar-refractivity contribution in [1.82, 2.24) is 10.3 Å². The summed E-state index contributed by atoms with van der Waals surface area (Å²) < 4.78 is 0. The number of allylic oxidation sites excluding steroid dienone is 2. The molecule has 0 aromatic carbocycles. The Kier molecular flexibility index (Phi) is 3.33. The van der Waals surface area contributed by atoms with Gasteiger partial charge in [0.15, 0.2) is 0 Å². The molecule has 4 atom stereocenters. The molecule has 0 saturated heterocycles. The number of rotatable bonds is 4. The van der Waals surface area contributed by atoms with Crippen LogP contribution in [0.25, 0.3) is 0 Å². The van der Waals surface area contributed by atoms with Crippen molar-refractivity contribution in [2.75, 3.05) is 0 Å². The molecule has 106 valence electrons. The quantitative estimate of drug-likeness (QED) is 0.826. The van der Waals surface area contributed by atoms with Crippen molar-refractivity contribution in [1.29, 1.82) is 0 Å². The fourth-order valence-electron chi connectivity index (χ4n) is 3.30. The molecular weight excluding hydrogens is 276 g/mol. The smallest absolute Gasteiger partial charge is 0.307 e. The number of carbonyl (C=O) groups is 2. The highest BCUT2D eigenvalue weighted by atomic mass is 32.1. The van der Waals surface area contributed by atoms with Gasteiger partial charge in [-0.1, -0.05) is 12.2 Å². The van der Waals surface area contributed by atoms with E-state index in [1.165, 1.54) is 11.3 Å². The summed E-state index contributed by atoms with van der Waals surface area (Å²) in [7, 11) is 0. The average molecular weight is 292 g/mol. The van der Waals surface area contributed by atoms with Gasteiger partial charge in [-0.3, -0.25) is 9.59 Å². The minimum absolute atomic E-state index is 0.0124. The maximum absolute atomic E-state index is 12.3. The Morgan fingerprint density at radius 2 is 2.10 bits per heavy atom. The van der Waals surface area contributed by atoms with Crippen molar-refractivity contribution in [2.45, 2.75) is 19.9 Å². The lowest BCUT2D eigenvalue weighted by molar-refractivity contribution is -0.147. The molecule has 1 fully saturated rings. The summed E-state index contributed by atoms with van der Waals surface area (Å²) >= 11 is 1.50. The molecular formula is C14H16N2O3S. The Labute approximate surface area is 120 Å². The molecule has 1 amide bonds. The lowest BCUT2D eigenvalue weighted by Gasteiger charge is -2.23. The molecule has 3 rings (SSSR count). The number of aromatic nitrogens is 1. The molecule has 1 aromatic rings. The Bertz CT molecular complexity index is 581.